The van der Waals surface area contributed by atoms with Gasteiger partial charge in [-0.25, -0.2) is 4.98 Å². The first-order valence-corrected chi connectivity index (χ1v) is 4.02. The molecule has 1 unspecified atom stereocenters. The van der Waals surface area contributed by atoms with Crippen molar-refractivity contribution in [3.8, 4) is 0 Å². The highest BCUT2D eigenvalue weighted by molar-refractivity contribution is 5.78. The third kappa shape index (κ3) is 2.09. The first-order chi connectivity index (χ1) is 6.48. The third-order valence-electron chi connectivity index (χ3n) is 1.84. The minimum absolute atomic E-state index is 0.132. The highest BCUT2D eigenvalue weighted by atomic mass is 16.4. The van der Waals surface area contributed by atoms with Crippen molar-refractivity contribution in [3.63, 3.8) is 0 Å². The molecule has 78 valence electrons. The van der Waals surface area contributed by atoms with Gasteiger partial charge in [0.1, 0.15) is 11.8 Å². The molecule has 0 amide bonds. The number of hydrogen-bond donors (Lipinski definition) is 3. The Balaban J connectivity index is 2.80. The predicted molar refractivity (Wildman–Crippen MR) is 46.6 cm³/mol. The molecule has 0 radical (unpaired) electrons. The van der Waals surface area contributed by atoms with Gasteiger partial charge < -0.3 is 20.4 Å². The van der Waals surface area contributed by atoms with E-state index in [0.717, 1.165) is 0 Å². The lowest BCUT2D eigenvalue weighted by molar-refractivity contribution is -0.145. The van der Waals surface area contributed by atoms with E-state index in [1.807, 2.05) is 0 Å². The van der Waals surface area contributed by atoms with Crippen LogP contribution in [0.4, 0.5) is 0 Å². The normalized spacial score (nSPS) is 15.1. The second-order valence-corrected chi connectivity index (χ2v) is 3.18. The summed E-state index contributed by atoms with van der Waals surface area (Å²) in [6.45, 7) is 1.05. The zero-order valence-electron chi connectivity index (χ0n) is 7.73. The molecule has 0 aliphatic heterocycles. The van der Waals surface area contributed by atoms with E-state index in [2.05, 4.69) is 4.98 Å². The first kappa shape index (κ1) is 10.7. The van der Waals surface area contributed by atoms with Gasteiger partial charge in [-0.2, -0.15) is 0 Å². The second-order valence-electron chi connectivity index (χ2n) is 3.18. The van der Waals surface area contributed by atoms with Crippen molar-refractivity contribution in [2.24, 2.45) is 5.73 Å². The molecule has 0 fully saturated rings. The van der Waals surface area contributed by atoms with E-state index >= 15 is 0 Å². The Morgan fingerprint density at radius 3 is 2.79 bits per heavy atom. The summed E-state index contributed by atoms with van der Waals surface area (Å²) < 4.78 is 4.95. The fourth-order valence-electron chi connectivity index (χ4n) is 0.953. The van der Waals surface area contributed by atoms with E-state index in [1.54, 1.807) is 6.92 Å². The number of hydrogen-bond acceptors (Lipinski definition) is 5. The molecule has 4 N–H and O–H groups in total. The first-order valence-electron chi connectivity index (χ1n) is 4.02. The molecule has 0 saturated carbocycles. The minimum Gasteiger partial charge on any atom is -0.480 e. The number of aliphatic hydroxyl groups is 1. The van der Waals surface area contributed by atoms with Crippen LogP contribution in [0.3, 0.4) is 0 Å². The largest absolute Gasteiger partial charge is 0.480 e. The Labute approximate surface area is 80.4 Å². The van der Waals surface area contributed by atoms with Crippen LogP contribution < -0.4 is 5.73 Å². The van der Waals surface area contributed by atoms with Gasteiger partial charge in [0, 0.05) is 0 Å². The summed E-state index contributed by atoms with van der Waals surface area (Å²) in [6, 6.07) is 0. The van der Waals surface area contributed by atoms with Gasteiger partial charge in [-0.1, -0.05) is 0 Å². The van der Waals surface area contributed by atoms with Gasteiger partial charge in [-0.15, -0.1) is 0 Å². The molecule has 0 aromatic carbocycles. The standard InChI is InChI=1S/C8H12N2O4/c1-5-3-14-6(10-5)2-8(9,4-11)7(12)13/h3,11H,2,4,9H2,1H3,(H,12,13). The molecule has 1 heterocycles. The quantitative estimate of drug-likeness (QED) is 0.592. The minimum atomic E-state index is -1.72. The third-order valence-corrected chi connectivity index (χ3v) is 1.84. The van der Waals surface area contributed by atoms with Crippen LogP contribution in [-0.4, -0.2) is 33.3 Å². The number of rotatable bonds is 4. The van der Waals surface area contributed by atoms with Crippen LogP contribution in [-0.2, 0) is 11.2 Å². The van der Waals surface area contributed by atoms with Crippen LogP contribution >= 0.6 is 0 Å². The number of carboxylic acid groups (broad SMARTS) is 1. The van der Waals surface area contributed by atoms with E-state index in [4.69, 9.17) is 20.4 Å². The van der Waals surface area contributed by atoms with Crippen LogP contribution in [0.2, 0.25) is 0 Å². The molecule has 0 spiro atoms. The molecule has 1 rings (SSSR count). The smallest absolute Gasteiger partial charge is 0.326 e. The number of aromatic nitrogens is 1. The molecule has 1 aromatic heterocycles. The fraction of sp³-hybridized carbons (Fsp3) is 0.500. The lowest BCUT2D eigenvalue weighted by atomic mass is 9.98. The zero-order valence-corrected chi connectivity index (χ0v) is 7.73. The molecule has 6 heteroatoms. The SMILES string of the molecule is Cc1coc(CC(N)(CO)C(=O)O)n1. The van der Waals surface area contributed by atoms with Crippen LogP contribution in [0.5, 0.6) is 0 Å². The molecule has 6 nitrogen and oxygen atoms in total. The Bertz CT molecular complexity index is 336. The summed E-state index contributed by atoms with van der Waals surface area (Å²) in [5.74, 6) is -1.07. The van der Waals surface area contributed by atoms with Crippen LogP contribution in [0, 0.1) is 6.92 Å². The van der Waals surface area contributed by atoms with E-state index in [1.165, 1.54) is 6.26 Å². The summed E-state index contributed by atoms with van der Waals surface area (Å²) in [7, 11) is 0. The number of nitrogens with two attached hydrogens (primary N) is 1. The summed E-state index contributed by atoms with van der Waals surface area (Å²) in [5, 5.41) is 17.6. The van der Waals surface area contributed by atoms with Crippen molar-refractivity contribution >= 4 is 5.97 Å². The van der Waals surface area contributed by atoms with Crippen molar-refractivity contribution in [2.75, 3.05) is 6.61 Å². The number of carbonyl (C=O) groups is 1. The van der Waals surface area contributed by atoms with Gasteiger partial charge >= 0.3 is 5.97 Å². The van der Waals surface area contributed by atoms with Crippen molar-refractivity contribution < 1.29 is 19.4 Å². The molecule has 14 heavy (non-hydrogen) atoms. The van der Waals surface area contributed by atoms with E-state index in [0.29, 0.717) is 5.69 Å². The van der Waals surface area contributed by atoms with Gasteiger partial charge in [0.25, 0.3) is 0 Å². The number of carboxylic acids is 1. The lowest BCUT2D eigenvalue weighted by Gasteiger charge is -2.19. The molecule has 0 aliphatic rings. The maximum atomic E-state index is 10.7. The Kier molecular flexibility index (Phi) is 2.87. The molecule has 0 aliphatic carbocycles. The number of oxazole rings is 1. The van der Waals surface area contributed by atoms with E-state index < -0.39 is 18.1 Å². The molecular formula is C8H12N2O4. The van der Waals surface area contributed by atoms with Gasteiger partial charge in [0.05, 0.1) is 18.7 Å². The molecule has 1 aromatic rings. The highest BCUT2D eigenvalue weighted by Gasteiger charge is 2.35. The number of aryl methyl sites for hydroxylation is 1. The Morgan fingerprint density at radius 2 is 2.43 bits per heavy atom. The van der Waals surface area contributed by atoms with Crippen molar-refractivity contribution in [1.29, 1.82) is 0 Å². The van der Waals surface area contributed by atoms with Gasteiger partial charge in [0.15, 0.2) is 5.89 Å². The highest BCUT2D eigenvalue weighted by Crippen LogP contribution is 2.10. The van der Waals surface area contributed by atoms with Crippen molar-refractivity contribution in [3.05, 3.63) is 17.8 Å². The maximum Gasteiger partial charge on any atom is 0.326 e. The molecule has 0 saturated heterocycles. The van der Waals surface area contributed by atoms with Gasteiger partial charge in [-0.05, 0) is 6.92 Å². The summed E-state index contributed by atoms with van der Waals surface area (Å²) >= 11 is 0. The Hall–Kier alpha value is -1.40. The molecule has 0 bridgehead atoms. The van der Waals surface area contributed by atoms with Crippen LogP contribution in [0.25, 0.3) is 0 Å². The lowest BCUT2D eigenvalue weighted by Crippen LogP contribution is -2.53. The van der Waals surface area contributed by atoms with E-state index in [9.17, 15) is 4.79 Å². The van der Waals surface area contributed by atoms with Crippen LogP contribution in [0.1, 0.15) is 11.6 Å². The molecule has 1 atom stereocenters. The van der Waals surface area contributed by atoms with E-state index in [-0.39, 0.29) is 12.3 Å². The van der Waals surface area contributed by atoms with Gasteiger partial charge in [0.2, 0.25) is 0 Å². The predicted octanol–water partition coefficient (Wildman–Crippen LogP) is -0.700. The average molecular weight is 200 g/mol. The summed E-state index contributed by atoms with van der Waals surface area (Å²) in [5.41, 5.74) is 4.35. The Morgan fingerprint density at radius 1 is 1.79 bits per heavy atom. The van der Waals surface area contributed by atoms with Gasteiger partial charge in [-0.3, -0.25) is 4.79 Å². The van der Waals surface area contributed by atoms with Crippen molar-refractivity contribution in [1.82, 2.24) is 4.98 Å². The maximum absolute atomic E-state index is 10.7. The fourth-order valence-corrected chi connectivity index (χ4v) is 0.953. The number of aliphatic hydroxyl groups excluding tert-OH is 1. The summed E-state index contributed by atoms with van der Waals surface area (Å²) in [6.07, 6.45) is 1.27. The van der Waals surface area contributed by atoms with Crippen molar-refractivity contribution in [2.45, 2.75) is 18.9 Å². The number of aliphatic carboxylic acids is 1. The molecular weight excluding hydrogens is 188 g/mol. The monoisotopic (exact) mass is 200 g/mol. The van der Waals surface area contributed by atoms with Crippen LogP contribution in [0.15, 0.2) is 10.7 Å². The average Bonchev–Trinajstić information content (AvgIpc) is 2.50. The zero-order chi connectivity index (χ0) is 10.8. The second kappa shape index (κ2) is 3.77. The topological polar surface area (TPSA) is 110 Å². The number of nitrogens with zero attached hydrogens (tertiary/aromatic N) is 1. The summed E-state index contributed by atoms with van der Waals surface area (Å²) in [4.78, 5) is 14.6.